The third-order valence-electron chi connectivity index (χ3n) is 4.80. The van der Waals surface area contributed by atoms with Crippen LogP contribution in [-0.2, 0) is 11.2 Å². The summed E-state index contributed by atoms with van der Waals surface area (Å²) >= 11 is 0. The second-order valence-electron chi connectivity index (χ2n) is 6.05. The van der Waals surface area contributed by atoms with E-state index in [0.717, 1.165) is 11.1 Å². The number of carbonyl (C=O) groups excluding carboxylic acids is 1. The van der Waals surface area contributed by atoms with Gasteiger partial charge in [-0.1, -0.05) is 12.1 Å². The molecule has 0 spiro atoms. The van der Waals surface area contributed by atoms with Gasteiger partial charge in [0.15, 0.2) is 0 Å². The van der Waals surface area contributed by atoms with Gasteiger partial charge in [-0.25, -0.2) is 0 Å². The third-order valence-corrected chi connectivity index (χ3v) is 4.80. The number of amides is 1. The topological polar surface area (TPSA) is 58.6 Å². The molecule has 1 fully saturated rings. The predicted molar refractivity (Wildman–Crippen MR) is 75.9 cm³/mol. The first-order valence-electron chi connectivity index (χ1n) is 7.46. The average molecular weight is 311 g/mol. The summed E-state index contributed by atoms with van der Waals surface area (Å²) in [5.41, 5.74) is -0.433. The summed E-state index contributed by atoms with van der Waals surface area (Å²) in [5, 5.41) is 12.2. The lowest BCUT2D eigenvalue weighted by molar-refractivity contribution is -0.216. The second-order valence-corrected chi connectivity index (χ2v) is 6.05. The molecule has 6 heteroatoms. The lowest BCUT2D eigenvalue weighted by atomic mass is 9.75. The number of halogens is 2. The van der Waals surface area contributed by atoms with Crippen LogP contribution in [0, 0.1) is 0 Å². The maximum absolute atomic E-state index is 14.1. The molecule has 4 nitrogen and oxygen atoms in total. The van der Waals surface area contributed by atoms with E-state index in [2.05, 4.69) is 5.32 Å². The first kappa shape index (κ1) is 15.2. The Morgan fingerprint density at radius 1 is 1.45 bits per heavy atom. The van der Waals surface area contributed by atoms with Crippen LogP contribution < -0.4 is 10.1 Å². The van der Waals surface area contributed by atoms with E-state index in [1.807, 2.05) is 12.1 Å². The Kier molecular flexibility index (Phi) is 3.59. The Balaban J connectivity index is 1.77. The molecule has 22 heavy (non-hydrogen) atoms. The van der Waals surface area contributed by atoms with Crippen LogP contribution in [0.1, 0.15) is 42.9 Å². The Bertz CT molecular complexity index is 599. The Hall–Kier alpha value is -1.69. The fourth-order valence-corrected chi connectivity index (χ4v) is 3.25. The van der Waals surface area contributed by atoms with Gasteiger partial charge in [0.1, 0.15) is 11.4 Å². The van der Waals surface area contributed by atoms with Crippen molar-refractivity contribution in [1.82, 2.24) is 5.32 Å². The van der Waals surface area contributed by atoms with Crippen molar-refractivity contribution in [2.75, 3.05) is 7.11 Å². The van der Waals surface area contributed by atoms with Gasteiger partial charge in [-0.2, -0.15) is 8.78 Å². The maximum Gasteiger partial charge on any atom is 0.352 e. The molecule has 2 aliphatic carbocycles. The van der Waals surface area contributed by atoms with E-state index >= 15 is 0 Å². The molecule has 1 saturated carbocycles. The highest BCUT2D eigenvalue weighted by atomic mass is 19.3. The Morgan fingerprint density at radius 2 is 2.18 bits per heavy atom. The van der Waals surface area contributed by atoms with Gasteiger partial charge in [0.2, 0.25) is 0 Å². The molecular weight excluding hydrogens is 292 g/mol. The minimum atomic E-state index is -3.76. The van der Waals surface area contributed by atoms with Crippen molar-refractivity contribution in [3.8, 4) is 5.75 Å². The number of fused-ring (bicyclic) bond motifs is 1. The van der Waals surface area contributed by atoms with Crippen molar-refractivity contribution >= 4 is 5.91 Å². The van der Waals surface area contributed by atoms with Crippen molar-refractivity contribution in [2.24, 2.45) is 0 Å². The number of hydrogen-bond acceptors (Lipinski definition) is 3. The maximum atomic E-state index is 14.1. The molecule has 0 heterocycles. The molecule has 0 aliphatic heterocycles. The molecular formula is C16H19F2NO3. The van der Waals surface area contributed by atoms with Crippen LogP contribution in [0.15, 0.2) is 18.2 Å². The van der Waals surface area contributed by atoms with Gasteiger partial charge in [-0.15, -0.1) is 0 Å². The number of alkyl halides is 2. The SMILES string of the molecule is COc1cccc2c1CCC2NC(=O)C(F)(F)C1(O)CCC1. The minimum absolute atomic E-state index is 0.0392. The van der Waals surface area contributed by atoms with Crippen LogP contribution in [0.4, 0.5) is 8.78 Å². The number of aliphatic hydroxyl groups is 1. The van der Waals surface area contributed by atoms with Crippen LogP contribution in [-0.4, -0.2) is 29.6 Å². The number of benzene rings is 1. The zero-order valence-corrected chi connectivity index (χ0v) is 12.4. The van der Waals surface area contributed by atoms with E-state index < -0.39 is 23.5 Å². The van der Waals surface area contributed by atoms with Crippen LogP contribution in [0.25, 0.3) is 0 Å². The summed E-state index contributed by atoms with van der Waals surface area (Å²) in [7, 11) is 1.56. The van der Waals surface area contributed by atoms with Gasteiger partial charge >= 0.3 is 5.92 Å². The highest BCUT2D eigenvalue weighted by Crippen LogP contribution is 2.45. The average Bonchev–Trinajstić information content (AvgIpc) is 2.87. The molecule has 3 rings (SSSR count). The molecule has 0 bridgehead atoms. The largest absolute Gasteiger partial charge is 0.496 e. The normalized spacial score (nSPS) is 22.6. The highest BCUT2D eigenvalue weighted by molar-refractivity contribution is 5.85. The van der Waals surface area contributed by atoms with Crippen LogP contribution in [0.3, 0.4) is 0 Å². The van der Waals surface area contributed by atoms with E-state index in [-0.39, 0.29) is 12.8 Å². The first-order valence-corrected chi connectivity index (χ1v) is 7.46. The van der Waals surface area contributed by atoms with E-state index in [1.165, 1.54) is 0 Å². The molecule has 0 saturated heterocycles. The zero-order valence-electron chi connectivity index (χ0n) is 12.4. The summed E-state index contributed by atoms with van der Waals surface area (Å²) in [6, 6.07) is 4.94. The number of ether oxygens (including phenoxy) is 1. The molecule has 0 radical (unpaired) electrons. The van der Waals surface area contributed by atoms with Gasteiger partial charge in [-0.05, 0) is 49.3 Å². The minimum Gasteiger partial charge on any atom is -0.496 e. The lowest BCUT2D eigenvalue weighted by Crippen LogP contribution is -2.60. The summed E-state index contributed by atoms with van der Waals surface area (Å²) < 4.78 is 33.5. The van der Waals surface area contributed by atoms with Crippen LogP contribution >= 0.6 is 0 Å². The molecule has 1 amide bonds. The predicted octanol–water partition coefficient (Wildman–Crippen LogP) is 2.35. The van der Waals surface area contributed by atoms with Gasteiger partial charge in [0, 0.05) is 0 Å². The Morgan fingerprint density at radius 3 is 2.77 bits per heavy atom. The van der Waals surface area contributed by atoms with Crippen molar-refractivity contribution < 1.29 is 23.4 Å². The summed E-state index contributed by atoms with van der Waals surface area (Å²) in [4.78, 5) is 12.0. The van der Waals surface area contributed by atoms with Crippen molar-refractivity contribution in [3.05, 3.63) is 29.3 Å². The molecule has 0 aromatic heterocycles. The molecule has 2 aliphatic rings. The number of hydrogen-bond donors (Lipinski definition) is 2. The van der Waals surface area contributed by atoms with E-state index in [0.29, 0.717) is 25.0 Å². The van der Waals surface area contributed by atoms with Gasteiger partial charge in [0.25, 0.3) is 5.91 Å². The van der Waals surface area contributed by atoms with Crippen molar-refractivity contribution in [1.29, 1.82) is 0 Å². The highest BCUT2D eigenvalue weighted by Gasteiger charge is 2.61. The number of methoxy groups -OCH3 is 1. The quantitative estimate of drug-likeness (QED) is 0.897. The molecule has 1 aromatic carbocycles. The molecule has 1 atom stereocenters. The first-order chi connectivity index (χ1) is 10.4. The standard InChI is InChI=1S/C16H19F2NO3/c1-22-13-5-2-4-10-11(13)6-7-12(10)19-14(20)16(17,18)15(21)8-3-9-15/h2,4-5,12,21H,3,6-9H2,1H3,(H,19,20). The van der Waals surface area contributed by atoms with Crippen LogP contribution in [0.5, 0.6) is 5.75 Å². The number of carbonyl (C=O) groups is 1. The van der Waals surface area contributed by atoms with Crippen molar-refractivity contribution in [3.63, 3.8) is 0 Å². The number of rotatable bonds is 4. The molecule has 1 aromatic rings. The van der Waals surface area contributed by atoms with E-state index in [9.17, 15) is 18.7 Å². The summed E-state index contributed by atoms with van der Waals surface area (Å²) in [6.45, 7) is 0. The van der Waals surface area contributed by atoms with E-state index in [4.69, 9.17) is 4.74 Å². The number of nitrogens with one attached hydrogen (secondary N) is 1. The van der Waals surface area contributed by atoms with Gasteiger partial charge in [-0.3, -0.25) is 4.79 Å². The monoisotopic (exact) mass is 311 g/mol. The molecule has 1 unspecified atom stereocenters. The third kappa shape index (κ3) is 2.17. The summed E-state index contributed by atoms with van der Waals surface area (Å²) in [6.07, 6.45) is 1.66. The molecule has 2 N–H and O–H groups in total. The lowest BCUT2D eigenvalue weighted by Gasteiger charge is -2.41. The summed E-state index contributed by atoms with van der Waals surface area (Å²) in [5.74, 6) is -4.44. The van der Waals surface area contributed by atoms with E-state index in [1.54, 1.807) is 13.2 Å². The molecule has 120 valence electrons. The smallest absolute Gasteiger partial charge is 0.352 e. The van der Waals surface area contributed by atoms with Crippen LogP contribution in [0.2, 0.25) is 0 Å². The van der Waals surface area contributed by atoms with Crippen molar-refractivity contribution in [2.45, 2.75) is 49.7 Å². The van der Waals surface area contributed by atoms with Gasteiger partial charge < -0.3 is 15.2 Å². The zero-order chi connectivity index (χ0) is 16.0. The Labute approximate surface area is 127 Å². The fourth-order valence-electron chi connectivity index (χ4n) is 3.25. The van der Waals surface area contributed by atoms with Gasteiger partial charge in [0.05, 0.1) is 13.2 Å². The second kappa shape index (κ2) is 5.19. The fraction of sp³-hybridized carbons (Fsp3) is 0.562.